The van der Waals surface area contributed by atoms with Crippen LogP contribution in [0.3, 0.4) is 0 Å². The number of amidine groups is 2. The summed E-state index contributed by atoms with van der Waals surface area (Å²) in [6.45, 7) is 1.23. The SMILES string of the molecule is COC(=O)C1=C(N)C2=NCCN2C(Cl)=N1. The van der Waals surface area contributed by atoms with Gasteiger partial charge in [-0.05, 0) is 11.6 Å². The summed E-state index contributed by atoms with van der Waals surface area (Å²) in [5.74, 6) is -0.115. The van der Waals surface area contributed by atoms with E-state index < -0.39 is 5.97 Å². The minimum Gasteiger partial charge on any atom is -0.464 e. The highest BCUT2D eigenvalue weighted by Gasteiger charge is 2.31. The molecule has 2 rings (SSSR count). The van der Waals surface area contributed by atoms with E-state index in [0.29, 0.717) is 18.9 Å². The summed E-state index contributed by atoms with van der Waals surface area (Å²) in [5, 5.41) is 0.195. The first-order valence-corrected chi connectivity index (χ1v) is 4.67. The van der Waals surface area contributed by atoms with E-state index in [0.717, 1.165) is 0 Å². The van der Waals surface area contributed by atoms with Crippen molar-refractivity contribution in [3.63, 3.8) is 0 Å². The molecule has 0 saturated carbocycles. The first-order valence-electron chi connectivity index (χ1n) is 4.29. The Hall–Kier alpha value is -1.56. The van der Waals surface area contributed by atoms with Crippen LogP contribution in [-0.2, 0) is 9.53 Å². The third-order valence-electron chi connectivity index (χ3n) is 2.14. The molecular weight excluding hydrogens is 220 g/mol. The maximum absolute atomic E-state index is 11.3. The fraction of sp³-hybridized carbons (Fsp3) is 0.375. The molecule has 0 fully saturated rings. The molecule has 80 valence electrons. The van der Waals surface area contributed by atoms with Crippen LogP contribution < -0.4 is 5.73 Å². The average molecular weight is 229 g/mol. The molecule has 0 atom stereocenters. The van der Waals surface area contributed by atoms with E-state index in [2.05, 4.69) is 14.7 Å². The lowest BCUT2D eigenvalue weighted by atomic mass is 10.2. The monoisotopic (exact) mass is 228 g/mol. The van der Waals surface area contributed by atoms with Crippen LogP contribution in [-0.4, -0.2) is 42.2 Å². The third kappa shape index (κ3) is 1.46. The van der Waals surface area contributed by atoms with E-state index in [4.69, 9.17) is 17.3 Å². The van der Waals surface area contributed by atoms with E-state index in [1.807, 2.05) is 0 Å². The minimum atomic E-state index is -0.611. The van der Waals surface area contributed by atoms with E-state index in [-0.39, 0.29) is 16.7 Å². The van der Waals surface area contributed by atoms with E-state index >= 15 is 0 Å². The van der Waals surface area contributed by atoms with Crippen molar-refractivity contribution < 1.29 is 9.53 Å². The predicted molar refractivity (Wildman–Crippen MR) is 55.5 cm³/mol. The van der Waals surface area contributed by atoms with Crippen LogP contribution in [0.4, 0.5) is 0 Å². The Morgan fingerprint density at radius 1 is 1.67 bits per heavy atom. The topological polar surface area (TPSA) is 80.3 Å². The molecule has 7 heteroatoms. The number of hydrogen-bond donors (Lipinski definition) is 1. The molecule has 0 spiro atoms. The lowest BCUT2D eigenvalue weighted by Gasteiger charge is -2.23. The zero-order valence-corrected chi connectivity index (χ0v) is 8.78. The van der Waals surface area contributed by atoms with Gasteiger partial charge < -0.3 is 10.5 Å². The van der Waals surface area contributed by atoms with Crippen LogP contribution in [0.1, 0.15) is 0 Å². The molecule has 2 aliphatic heterocycles. The number of carbonyl (C=O) groups excluding carboxylic acids is 1. The minimum absolute atomic E-state index is 0.0133. The smallest absolute Gasteiger partial charge is 0.359 e. The second-order valence-electron chi connectivity index (χ2n) is 2.99. The van der Waals surface area contributed by atoms with Crippen LogP contribution >= 0.6 is 11.6 Å². The van der Waals surface area contributed by atoms with Gasteiger partial charge in [0.1, 0.15) is 5.70 Å². The Morgan fingerprint density at radius 2 is 2.40 bits per heavy atom. The predicted octanol–water partition coefficient (Wildman–Crippen LogP) is -0.348. The number of fused-ring (bicyclic) bond motifs is 1. The van der Waals surface area contributed by atoms with E-state index in [1.54, 1.807) is 4.90 Å². The number of rotatable bonds is 1. The molecule has 2 heterocycles. The van der Waals surface area contributed by atoms with Gasteiger partial charge in [-0.3, -0.25) is 9.89 Å². The molecular formula is C8H9ClN4O2. The van der Waals surface area contributed by atoms with Gasteiger partial charge in [0.2, 0.25) is 5.29 Å². The molecule has 2 N–H and O–H groups in total. The summed E-state index contributed by atoms with van der Waals surface area (Å²) >= 11 is 5.88. The zero-order chi connectivity index (χ0) is 11.0. The van der Waals surface area contributed by atoms with Crippen molar-refractivity contribution in [3.05, 3.63) is 11.4 Å². The number of ether oxygens (including phenoxy) is 1. The largest absolute Gasteiger partial charge is 0.464 e. The number of carbonyl (C=O) groups is 1. The summed E-state index contributed by atoms with van der Waals surface area (Å²) in [4.78, 5) is 21.0. The van der Waals surface area contributed by atoms with Crippen molar-refractivity contribution in [1.29, 1.82) is 0 Å². The van der Waals surface area contributed by atoms with Gasteiger partial charge in [-0.2, -0.15) is 0 Å². The van der Waals surface area contributed by atoms with E-state index in [1.165, 1.54) is 7.11 Å². The second-order valence-corrected chi connectivity index (χ2v) is 3.33. The Morgan fingerprint density at radius 3 is 3.07 bits per heavy atom. The number of nitrogens with zero attached hydrogens (tertiary/aromatic N) is 3. The lowest BCUT2D eigenvalue weighted by Crippen LogP contribution is -2.39. The Balaban J connectivity index is 2.46. The molecule has 0 radical (unpaired) electrons. The van der Waals surface area contributed by atoms with Crippen LogP contribution in [0.5, 0.6) is 0 Å². The molecule has 0 saturated heterocycles. The molecule has 0 aromatic rings. The van der Waals surface area contributed by atoms with Gasteiger partial charge in [-0.15, -0.1) is 0 Å². The molecule has 0 aromatic carbocycles. The Bertz CT molecular complexity index is 413. The van der Waals surface area contributed by atoms with Gasteiger partial charge in [-0.1, -0.05) is 0 Å². The zero-order valence-electron chi connectivity index (χ0n) is 8.03. The molecule has 0 aromatic heterocycles. The van der Waals surface area contributed by atoms with Gasteiger partial charge in [0.05, 0.1) is 13.7 Å². The molecule has 15 heavy (non-hydrogen) atoms. The Kier molecular flexibility index (Phi) is 2.36. The highest BCUT2D eigenvalue weighted by Crippen LogP contribution is 2.20. The summed E-state index contributed by atoms with van der Waals surface area (Å²) in [7, 11) is 1.26. The molecule has 0 aliphatic carbocycles. The van der Waals surface area contributed by atoms with Gasteiger partial charge in [-0.25, -0.2) is 9.79 Å². The summed E-state index contributed by atoms with van der Waals surface area (Å²) in [6, 6.07) is 0. The lowest BCUT2D eigenvalue weighted by molar-refractivity contribution is -0.136. The van der Waals surface area contributed by atoms with Crippen molar-refractivity contribution in [2.45, 2.75) is 0 Å². The van der Waals surface area contributed by atoms with Crippen LogP contribution in [0.2, 0.25) is 0 Å². The molecule has 0 amide bonds. The standard InChI is InChI=1S/C8H9ClN4O2/c1-15-7(14)5-4(10)6-11-2-3-13(6)8(9)12-5/h2-3,10H2,1H3. The van der Waals surface area contributed by atoms with Crippen molar-refractivity contribution in [1.82, 2.24) is 4.90 Å². The summed E-state index contributed by atoms with van der Waals surface area (Å²) in [6.07, 6.45) is 0. The van der Waals surface area contributed by atoms with Crippen molar-refractivity contribution in [2.24, 2.45) is 15.7 Å². The second kappa shape index (κ2) is 3.54. The number of hydrogen-bond acceptors (Lipinski definition) is 6. The fourth-order valence-electron chi connectivity index (χ4n) is 1.43. The summed E-state index contributed by atoms with van der Waals surface area (Å²) in [5.41, 5.74) is 5.97. The van der Waals surface area contributed by atoms with E-state index in [9.17, 15) is 4.79 Å². The normalized spacial score (nSPS) is 19.7. The molecule has 0 unspecified atom stereocenters. The number of nitrogens with two attached hydrogens (primary N) is 1. The Labute approximate surface area is 91.1 Å². The fourth-order valence-corrected chi connectivity index (χ4v) is 1.68. The highest BCUT2D eigenvalue weighted by atomic mass is 35.5. The number of aliphatic imine (C=N–C) groups is 2. The van der Waals surface area contributed by atoms with Gasteiger partial charge in [0, 0.05) is 6.54 Å². The number of halogens is 1. The average Bonchev–Trinajstić information content (AvgIpc) is 2.71. The van der Waals surface area contributed by atoms with Crippen LogP contribution in [0.15, 0.2) is 21.4 Å². The van der Waals surface area contributed by atoms with Crippen molar-refractivity contribution in [3.8, 4) is 0 Å². The van der Waals surface area contributed by atoms with Crippen molar-refractivity contribution >= 4 is 28.7 Å². The highest BCUT2D eigenvalue weighted by molar-refractivity contribution is 6.66. The maximum Gasteiger partial charge on any atom is 0.359 e. The summed E-state index contributed by atoms with van der Waals surface area (Å²) < 4.78 is 4.54. The number of methoxy groups -OCH3 is 1. The van der Waals surface area contributed by atoms with Gasteiger partial charge in [0.25, 0.3) is 0 Å². The first kappa shape index (κ1) is 9.97. The van der Waals surface area contributed by atoms with Crippen molar-refractivity contribution in [2.75, 3.05) is 20.2 Å². The van der Waals surface area contributed by atoms with Gasteiger partial charge >= 0.3 is 5.97 Å². The van der Waals surface area contributed by atoms with Crippen LogP contribution in [0, 0.1) is 0 Å². The maximum atomic E-state index is 11.3. The third-order valence-corrected chi connectivity index (χ3v) is 2.43. The molecule has 2 aliphatic rings. The van der Waals surface area contributed by atoms with Crippen LogP contribution in [0.25, 0.3) is 0 Å². The molecule has 6 nitrogen and oxygen atoms in total. The number of esters is 1. The molecule has 0 bridgehead atoms. The quantitative estimate of drug-likeness (QED) is 0.492. The first-order chi connectivity index (χ1) is 7.15. The van der Waals surface area contributed by atoms with Gasteiger partial charge in [0.15, 0.2) is 11.5 Å².